The lowest BCUT2D eigenvalue weighted by Crippen LogP contribution is -2.30. The van der Waals surface area contributed by atoms with E-state index in [4.69, 9.17) is 0 Å². The third-order valence-corrected chi connectivity index (χ3v) is 5.42. The lowest BCUT2D eigenvalue weighted by molar-refractivity contribution is 0.0766. The first-order chi connectivity index (χ1) is 11.8. The Morgan fingerprint density at radius 2 is 1.92 bits per heavy atom. The van der Waals surface area contributed by atoms with E-state index in [-0.39, 0.29) is 16.5 Å². The highest BCUT2D eigenvalue weighted by molar-refractivity contribution is 7.92. The molecule has 0 spiro atoms. The van der Waals surface area contributed by atoms with Gasteiger partial charge in [-0.3, -0.25) is 9.52 Å². The summed E-state index contributed by atoms with van der Waals surface area (Å²) in [5.74, 6) is -2.44. The van der Waals surface area contributed by atoms with E-state index in [9.17, 15) is 22.0 Å². The topological polar surface area (TPSA) is 71.4 Å². The van der Waals surface area contributed by atoms with Crippen molar-refractivity contribution in [2.24, 2.45) is 0 Å². The molecule has 1 aromatic heterocycles. The van der Waals surface area contributed by atoms with Gasteiger partial charge in [0, 0.05) is 31.9 Å². The molecular weight excluding hydrogens is 352 g/mol. The number of amides is 1. The highest BCUT2D eigenvalue weighted by Crippen LogP contribution is 2.23. The lowest BCUT2D eigenvalue weighted by atomic mass is 10.3. The normalized spacial score (nSPS) is 15.0. The maximum Gasteiger partial charge on any atom is 0.270 e. The Labute approximate surface area is 144 Å². The fraction of sp³-hybridized carbons (Fsp3) is 0.312. The number of anilines is 1. The zero-order valence-corrected chi connectivity index (χ0v) is 14.3. The number of aromatic nitrogens is 1. The Balaban J connectivity index is 1.92. The van der Waals surface area contributed by atoms with Gasteiger partial charge in [-0.1, -0.05) is 0 Å². The average Bonchev–Trinajstić information content (AvgIpc) is 2.93. The molecule has 25 heavy (non-hydrogen) atoms. The number of sulfonamides is 1. The summed E-state index contributed by atoms with van der Waals surface area (Å²) < 4.78 is 55.0. The van der Waals surface area contributed by atoms with Crippen molar-refractivity contribution in [3.05, 3.63) is 47.8 Å². The summed E-state index contributed by atoms with van der Waals surface area (Å²) >= 11 is 0. The molecule has 1 N–H and O–H groups in total. The summed E-state index contributed by atoms with van der Waals surface area (Å²) in [5.41, 5.74) is 0.201. The van der Waals surface area contributed by atoms with E-state index in [1.165, 1.54) is 12.3 Å². The molecule has 0 unspecified atom stereocenters. The van der Waals surface area contributed by atoms with Crippen LogP contribution in [0.4, 0.5) is 14.5 Å². The Morgan fingerprint density at radius 1 is 1.16 bits per heavy atom. The van der Waals surface area contributed by atoms with Crippen LogP contribution in [-0.4, -0.2) is 36.9 Å². The molecule has 1 aliphatic rings. The fourth-order valence-corrected chi connectivity index (χ4v) is 3.85. The van der Waals surface area contributed by atoms with Gasteiger partial charge in [-0.25, -0.2) is 17.2 Å². The van der Waals surface area contributed by atoms with Gasteiger partial charge in [0.15, 0.2) is 11.6 Å². The molecule has 2 heterocycles. The summed E-state index contributed by atoms with van der Waals surface area (Å²) in [6, 6.07) is 4.03. The number of halogens is 2. The van der Waals surface area contributed by atoms with E-state index in [1.807, 2.05) is 6.92 Å². The van der Waals surface area contributed by atoms with Crippen LogP contribution in [0.5, 0.6) is 0 Å². The highest BCUT2D eigenvalue weighted by atomic mass is 32.2. The molecule has 134 valence electrons. The minimum atomic E-state index is -4.03. The molecule has 0 aliphatic carbocycles. The number of benzene rings is 1. The van der Waals surface area contributed by atoms with Crippen molar-refractivity contribution in [2.45, 2.75) is 24.8 Å². The van der Waals surface area contributed by atoms with Gasteiger partial charge in [0.05, 0.1) is 5.69 Å². The van der Waals surface area contributed by atoms with E-state index in [2.05, 4.69) is 4.72 Å². The number of carbonyl (C=O) groups is 1. The van der Waals surface area contributed by atoms with Crippen molar-refractivity contribution < 1.29 is 22.0 Å². The molecule has 1 aromatic carbocycles. The van der Waals surface area contributed by atoms with Crippen LogP contribution in [-0.2, 0) is 16.6 Å². The number of nitrogens with zero attached hydrogens (tertiary/aromatic N) is 2. The van der Waals surface area contributed by atoms with Gasteiger partial charge in [-0.05, 0) is 31.5 Å². The minimum absolute atomic E-state index is 0.0956. The van der Waals surface area contributed by atoms with E-state index in [0.717, 1.165) is 24.6 Å². The van der Waals surface area contributed by atoms with Gasteiger partial charge in [0.1, 0.15) is 10.6 Å². The molecular formula is C16H17F2N3O3S. The number of fused-ring (bicyclic) bond motifs is 1. The molecule has 0 radical (unpaired) electrons. The maximum atomic E-state index is 13.3. The van der Waals surface area contributed by atoms with Gasteiger partial charge in [0.2, 0.25) is 0 Å². The molecule has 2 aromatic rings. The Kier molecular flexibility index (Phi) is 4.51. The van der Waals surface area contributed by atoms with Crippen LogP contribution in [0.3, 0.4) is 0 Å². The molecule has 0 fully saturated rings. The van der Waals surface area contributed by atoms with Gasteiger partial charge in [-0.15, -0.1) is 0 Å². The smallest absolute Gasteiger partial charge is 0.270 e. The molecule has 0 saturated heterocycles. The SMILES string of the molecule is CCN1CCCn2cc(S(=O)(=O)Nc3ccc(F)c(F)c3)cc2C1=O. The largest absolute Gasteiger partial charge is 0.342 e. The van der Waals surface area contributed by atoms with Crippen LogP contribution < -0.4 is 4.72 Å². The quantitative estimate of drug-likeness (QED) is 0.900. The van der Waals surface area contributed by atoms with Crippen LogP contribution in [0.1, 0.15) is 23.8 Å². The fourth-order valence-electron chi connectivity index (χ4n) is 2.77. The third-order valence-electron chi connectivity index (χ3n) is 4.07. The van der Waals surface area contributed by atoms with Crippen LogP contribution in [0.25, 0.3) is 0 Å². The van der Waals surface area contributed by atoms with Gasteiger partial charge in [-0.2, -0.15) is 0 Å². The molecule has 1 amide bonds. The van der Waals surface area contributed by atoms with Crippen molar-refractivity contribution in [1.82, 2.24) is 9.47 Å². The van der Waals surface area contributed by atoms with Crippen LogP contribution in [0.15, 0.2) is 35.4 Å². The number of rotatable bonds is 4. The van der Waals surface area contributed by atoms with E-state index in [1.54, 1.807) is 9.47 Å². The summed E-state index contributed by atoms with van der Waals surface area (Å²) in [7, 11) is -4.03. The van der Waals surface area contributed by atoms with E-state index < -0.39 is 21.7 Å². The molecule has 0 atom stereocenters. The molecule has 1 aliphatic heterocycles. The lowest BCUT2D eigenvalue weighted by Gasteiger charge is -2.17. The number of aryl methyl sites for hydroxylation is 1. The second kappa shape index (κ2) is 6.47. The zero-order valence-electron chi connectivity index (χ0n) is 13.5. The Bertz CT molecular complexity index is 925. The van der Waals surface area contributed by atoms with Crippen molar-refractivity contribution >= 4 is 21.6 Å². The first-order valence-corrected chi connectivity index (χ1v) is 9.27. The monoisotopic (exact) mass is 369 g/mol. The summed E-state index contributed by atoms with van der Waals surface area (Å²) in [6.45, 7) is 3.54. The molecule has 0 bridgehead atoms. The van der Waals surface area contributed by atoms with Gasteiger partial charge in [0.25, 0.3) is 15.9 Å². The number of carbonyl (C=O) groups excluding carboxylic acids is 1. The van der Waals surface area contributed by atoms with Crippen molar-refractivity contribution in [1.29, 1.82) is 0 Å². The second-order valence-corrected chi connectivity index (χ2v) is 7.41. The summed E-state index contributed by atoms with van der Waals surface area (Å²) in [5, 5.41) is 0. The van der Waals surface area contributed by atoms with Crippen molar-refractivity contribution in [2.75, 3.05) is 17.8 Å². The Morgan fingerprint density at radius 3 is 2.60 bits per heavy atom. The first-order valence-electron chi connectivity index (χ1n) is 7.79. The van der Waals surface area contributed by atoms with Crippen LogP contribution in [0, 0.1) is 11.6 Å². The van der Waals surface area contributed by atoms with Crippen LogP contribution >= 0.6 is 0 Å². The van der Waals surface area contributed by atoms with Gasteiger partial charge >= 0.3 is 0 Å². The van der Waals surface area contributed by atoms with E-state index >= 15 is 0 Å². The molecule has 0 saturated carbocycles. The first kappa shape index (κ1) is 17.4. The standard InChI is InChI=1S/C16H17F2N3O3S/c1-2-20-6-3-7-21-10-12(9-15(21)16(20)22)25(23,24)19-11-4-5-13(17)14(18)8-11/h4-5,8-10,19H,2-3,6-7H2,1H3. The summed E-state index contributed by atoms with van der Waals surface area (Å²) in [4.78, 5) is 14.0. The summed E-state index contributed by atoms with van der Waals surface area (Å²) in [6.07, 6.45) is 2.10. The Hall–Kier alpha value is -2.42. The van der Waals surface area contributed by atoms with Crippen LogP contribution in [0.2, 0.25) is 0 Å². The van der Waals surface area contributed by atoms with Crippen molar-refractivity contribution in [3.63, 3.8) is 0 Å². The zero-order chi connectivity index (χ0) is 18.2. The molecule has 3 rings (SSSR count). The second-order valence-electron chi connectivity index (χ2n) is 5.73. The number of nitrogens with one attached hydrogen (secondary N) is 1. The third kappa shape index (κ3) is 3.37. The number of hydrogen-bond donors (Lipinski definition) is 1. The predicted molar refractivity (Wildman–Crippen MR) is 87.8 cm³/mol. The molecule has 6 nitrogen and oxygen atoms in total. The predicted octanol–water partition coefficient (Wildman–Crippen LogP) is 2.43. The van der Waals surface area contributed by atoms with E-state index in [0.29, 0.717) is 25.3 Å². The van der Waals surface area contributed by atoms with Gasteiger partial charge < -0.3 is 9.47 Å². The minimum Gasteiger partial charge on any atom is -0.342 e. The average molecular weight is 369 g/mol. The molecule has 9 heteroatoms. The highest BCUT2D eigenvalue weighted by Gasteiger charge is 2.26. The van der Waals surface area contributed by atoms with Crippen molar-refractivity contribution in [3.8, 4) is 0 Å². The maximum absolute atomic E-state index is 13.3. The number of hydrogen-bond acceptors (Lipinski definition) is 3.